The second-order valence-electron chi connectivity index (χ2n) is 3.82. The van der Waals surface area contributed by atoms with E-state index in [4.69, 9.17) is 27.9 Å². The Hall–Kier alpha value is -1.23. The highest BCUT2D eigenvalue weighted by Crippen LogP contribution is 2.33. The molecule has 1 aromatic heterocycles. The number of hydrogen-bond acceptors (Lipinski definition) is 3. The lowest BCUT2D eigenvalue weighted by Gasteiger charge is -2.09. The molecule has 0 saturated heterocycles. The van der Waals surface area contributed by atoms with Crippen molar-refractivity contribution in [2.75, 3.05) is 13.7 Å². The van der Waals surface area contributed by atoms with Gasteiger partial charge in [-0.2, -0.15) is 0 Å². The largest absolute Gasteiger partial charge is 0.384 e. The van der Waals surface area contributed by atoms with Gasteiger partial charge in [0, 0.05) is 19.1 Å². The zero-order valence-electron chi connectivity index (χ0n) is 10.2. The SMILES string of the molecule is COCCc1nc(Cl)c(-c2ccccc2F)c(Cl)n1. The van der Waals surface area contributed by atoms with Gasteiger partial charge >= 0.3 is 0 Å². The summed E-state index contributed by atoms with van der Waals surface area (Å²) in [4.78, 5) is 8.22. The molecule has 0 radical (unpaired) electrons. The summed E-state index contributed by atoms with van der Waals surface area (Å²) < 4.78 is 18.7. The highest BCUT2D eigenvalue weighted by Gasteiger charge is 2.16. The summed E-state index contributed by atoms with van der Waals surface area (Å²) >= 11 is 12.2. The molecule has 0 atom stereocenters. The molecular formula is C13H11Cl2FN2O. The van der Waals surface area contributed by atoms with E-state index in [1.54, 1.807) is 25.3 Å². The molecule has 0 bridgehead atoms. The van der Waals surface area contributed by atoms with E-state index in [9.17, 15) is 4.39 Å². The Kier molecular flexibility index (Phi) is 4.69. The van der Waals surface area contributed by atoms with Crippen LogP contribution in [-0.2, 0) is 11.2 Å². The Labute approximate surface area is 120 Å². The van der Waals surface area contributed by atoms with Crippen molar-refractivity contribution in [3.8, 4) is 11.1 Å². The van der Waals surface area contributed by atoms with Crippen molar-refractivity contribution in [3.63, 3.8) is 0 Å². The van der Waals surface area contributed by atoms with Crippen LogP contribution in [0.3, 0.4) is 0 Å². The second-order valence-corrected chi connectivity index (χ2v) is 4.54. The molecule has 6 heteroatoms. The van der Waals surface area contributed by atoms with Crippen molar-refractivity contribution in [2.24, 2.45) is 0 Å². The maximum Gasteiger partial charge on any atom is 0.142 e. The first kappa shape index (κ1) is 14.2. The summed E-state index contributed by atoms with van der Waals surface area (Å²) in [5.74, 6) is 0.0523. The van der Waals surface area contributed by atoms with E-state index >= 15 is 0 Å². The van der Waals surface area contributed by atoms with Crippen molar-refractivity contribution >= 4 is 23.2 Å². The quantitative estimate of drug-likeness (QED) is 0.806. The molecule has 0 unspecified atom stereocenters. The lowest BCUT2D eigenvalue weighted by molar-refractivity contribution is 0.200. The van der Waals surface area contributed by atoms with Crippen molar-refractivity contribution in [3.05, 3.63) is 46.2 Å². The van der Waals surface area contributed by atoms with Crippen molar-refractivity contribution in [2.45, 2.75) is 6.42 Å². The van der Waals surface area contributed by atoms with E-state index in [1.807, 2.05) is 0 Å². The van der Waals surface area contributed by atoms with Gasteiger partial charge in [0.05, 0.1) is 12.2 Å². The molecule has 0 aliphatic carbocycles. The van der Waals surface area contributed by atoms with Crippen LogP contribution in [0.5, 0.6) is 0 Å². The molecule has 0 amide bonds. The second kappa shape index (κ2) is 6.28. The molecule has 3 nitrogen and oxygen atoms in total. The highest BCUT2D eigenvalue weighted by molar-refractivity contribution is 6.37. The molecule has 0 fully saturated rings. The van der Waals surface area contributed by atoms with Crippen molar-refractivity contribution < 1.29 is 9.13 Å². The molecule has 0 aliphatic heterocycles. The first-order valence-electron chi connectivity index (χ1n) is 5.59. The van der Waals surface area contributed by atoms with E-state index in [2.05, 4.69) is 9.97 Å². The van der Waals surface area contributed by atoms with Gasteiger partial charge < -0.3 is 4.74 Å². The van der Waals surface area contributed by atoms with Gasteiger partial charge in [-0.15, -0.1) is 0 Å². The van der Waals surface area contributed by atoms with Crippen LogP contribution in [0.15, 0.2) is 24.3 Å². The van der Waals surface area contributed by atoms with Gasteiger partial charge in [0.25, 0.3) is 0 Å². The van der Waals surface area contributed by atoms with Crippen LogP contribution in [0.2, 0.25) is 10.3 Å². The van der Waals surface area contributed by atoms with Crippen LogP contribution >= 0.6 is 23.2 Å². The predicted molar refractivity (Wildman–Crippen MR) is 73.0 cm³/mol. The number of ether oxygens (including phenoxy) is 1. The zero-order chi connectivity index (χ0) is 13.8. The smallest absolute Gasteiger partial charge is 0.142 e. The topological polar surface area (TPSA) is 35.0 Å². The maximum absolute atomic E-state index is 13.7. The number of methoxy groups -OCH3 is 1. The first-order valence-corrected chi connectivity index (χ1v) is 6.35. The number of aromatic nitrogens is 2. The molecule has 19 heavy (non-hydrogen) atoms. The van der Waals surface area contributed by atoms with Crippen LogP contribution in [0.4, 0.5) is 4.39 Å². The molecule has 0 spiro atoms. The monoisotopic (exact) mass is 300 g/mol. The van der Waals surface area contributed by atoms with Gasteiger partial charge in [-0.05, 0) is 6.07 Å². The molecular weight excluding hydrogens is 290 g/mol. The average Bonchev–Trinajstić information content (AvgIpc) is 2.38. The minimum absolute atomic E-state index is 0.135. The maximum atomic E-state index is 13.7. The Morgan fingerprint density at radius 1 is 1.16 bits per heavy atom. The molecule has 2 aromatic rings. The lowest BCUT2D eigenvalue weighted by Crippen LogP contribution is -2.03. The van der Waals surface area contributed by atoms with E-state index < -0.39 is 5.82 Å². The predicted octanol–water partition coefficient (Wildman–Crippen LogP) is 3.78. The highest BCUT2D eigenvalue weighted by atomic mass is 35.5. The molecule has 1 aromatic carbocycles. The Morgan fingerprint density at radius 3 is 2.37 bits per heavy atom. The van der Waals surface area contributed by atoms with Crippen LogP contribution in [0.1, 0.15) is 5.82 Å². The van der Waals surface area contributed by atoms with E-state index in [0.717, 1.165) is 0 Å². The van der Waals surface area contributed by atoms with Crippen molar-refractivity contribution in [1.82, 2.24) is 9.97 Å². The van der Waals surface area contributed by atoms with E-state index in [-0.39, 0.29) is 15.9 Å². The normalized spacial score (nSPS) is 10.7. The Balaban J connectivity index is 2.45. The van der Waals surface area contributed by atoms with Crippen LogP contribution in [0, 0.1) is 5.82 Å². The third-order valence-corrected chi connectivity index (χ3v) is 3.09. The zero-order valence-corrected chi connectivity index (χ0v) is 11.7. The molecule has 1 heterocycles. The summed E-state index contributed by atoms with van der Waals surface area (Å²) in [6.45, 7) is 0.464. The van der Waals surface area contributed by atoms with Gasteiger partial charge in [0.15, 0.2) is 0 Å². The molecule has 0 N–H and O–H groups in total. The van der Waals surface area contributed by atoms with Crippen LogP contribution < -0.4 is 0 Å². The van der Waals surface area contributed by atoms with E-state index in [0.29, 0.717) is 24.4 Å². The fourth-order valence-electron chi connectivity index (χ4n) is 1.64. The van der Waals surface area contributed by atoms with E-state index in [1.165, 1.54) is 6.07 Å². The van der Waals surface area contributed by atoms with Gasteiger partial charge in [0.1, 0.15) is 21.9 Å². The van der Waals surface area contributed by atoms with Gasteiger partial charge in [-0.3, -0.25) is 0 Å². The molecule has 0 aliphatic rings. The van der Waals surface area contributed by atoms with Crippen LogP contribution in [-0.4, -0.2) is 23.7 Å². The minimum Gasteiger partial charge on any atom is -0.384 e. The van der Waals surface area contributed by atoms with Gasteiger partial charge in [-0.1, -0.05) is 41.4 Å². The standard InChI is InChI=1S/C13H11Cl2FN2O/c1-19-7-6-10-17-12(14)11(13(15)18-10)8-4-2-3-5-9(8)16/h2-5H,6-7H2,1H3. The third-order valence-electron chi connectivity index (χ3n) is 2.54. The van der Waals surface area contributed by atoms with Crippen LogP contribution in [0.25, 0.3) is 11.1 Å². The Bertz CT molecular complexity index is 570. The molecule has 0 saturated carbocycles. The molecule has 2 rings (SSSR count). The number of hydrogen-bond donors (Lipinski definition) is 0. The van der Waals surface area contributed by atoms with Gasteiger partial charge in [-0.25, -0.2) is 14.4 Å². The average molecular weight is 301 g/mol. The van der Waals surface area contributed by atoms with Gasteiger partial charge in [0.2, 0.25) is 0 Å². The summed E-state index contributed by atoms with van der Waals surface area (Å²) in [6.07, 6.45) is 0.494. The summed E-state index contributed by atoms with van der Waals surface area (Å²) in [6, 6.07) is 6.21. The summed E-state index contributed by atoms with van der Waals surface area (Å²) in [5, 5.41) is 0.271. The summed E-state index contributed by atoms with van der Waals surface area (Å²) in [7, 11) is 1.58. The Morgan fingerprint density at radius 2 is 1.79 bits per heavy atom. The summed E-state index contributed by atoms with van der Waals surface area (Å²) in [5.41, 5.74) is 0.596. The number of rotatable bonds is 4. The lowest BCUT2D eigenvalue weighted by atomic mass is 10.1. The fraction of sp³-hybridized carbons (Fsp3) is 0.231. The number of halogens is 3. The third kappa shape index (κ3) is 3.21. The molecule has 100 valence electrons. The van der Waals surface area contributed by atoms with Crippen molar-refractivity contribution in [1.29, 1.82) is 0 Å². The number of benzene rings is 1. The first-order chi connectivity index (χ1) is 9.13. The fourth-order valence-corrected chi connectivity index (χ4v) is 2.27. The number of nitrogens with zero attached hydrogens (tertiary/aromatic N) is 2. The minimum atomic E-state index is -0.417.